The standard InChI is InChI=1S/C29H30N2O5/c1-19(2)21-10-13-23(14-11-21)31-27(32)17-24(29(31)34)30(18-20-8-6-5-7-9-20)28(33)22-12-15-25(35-3)26(16-22)36-4/h5-16,19,24H,17-18H2,1-4H3. The van der Waals surface area contributed by atoms with Crippen LogP contribution in [-0.2, 0) is 16.1 Å². The number of ether oxygens (including phenoxy) is 2. The van der Waals surface area contributed by atoms with Crippen molar-refractivity contribution in [2.24, 2.45) is 0 Å². The quantitative estimate of drug-likeness (QED) is 0.428. The third kappa shape index (κ3) is 4.96. The molecule has 4 rings (SSSR count). The van der Waals surface area contributed by atoms with E-state index in [1.54, 1.807) is 30.3 Å². The van der Waals surface area contributed by atoms with E-state index >= 15 is 0 Å². The SMILES string of the molecule is COc1ccc(C(=O)N(Cc2ccccc2)C2CC(=O)N(c3ccc(C(C)C)cc3)C2=O)cc1OC. The Balaban J connectivity index is 1.68. The summed E-state index contributed by atoms with van der Waals surface area (Å²) in [6.45, 7) is 4.34. The number of imide groups is 1. The van der Waals surface area contributed by atoms with Crippen molar-refractivity contribution in [2.45, 2.75) is 38.8 Å². The van der Waals surface area contributed by atoms with Crippen LogP contribution in [0.4, 0.5) is 5.69 Å². The van der Waals surface area contributed by atoms with Crippen LogP contribution in [0.3, 0.4) is 0 Å². The number of amides is 3. The van der Waals surface area contributed by atoms with Crippen molar-refractivity contribution < 1.29 is 23.9 Å². The lowest BCUT2D eigenvalue weighted by molar-refractivity contribution is -0.122. The van der Waals surface area contributed by atoms with Crippen molar-refractivity contribution in [1.29, 1.82) is 0 Å². The first-order valence-corrected chi connectivity index (χ1v) is 11.9. The summed E-state index contributed by atoms with van der Waals surface area (Å²) in [6, 6.07) is 20.8. The van der Waals surface area contributed by atoms with Gasteiger partial charge < -0.3 is 14.4 Å². The molecule has 0 saturated carbocycles. The highest BCUT2D eigenvalue weighted by Crippen LogP contribution is 2.31. The molecule has 1 atom stereocenters. The molecule has 3 aromatic carbocycles. The second-order valence-corrected chi connectivity index (χ2v) is 9.02. The van der Waals surface area contributed by atoms with Crippen molar-refractivity contribution in [3.8, 4) is 11.5 Å². The average molecular weight is 487 g/mol. The molecule has 36 heavy (non-hydrogen) atoms. The van der Waals surface area contributed by atoms with E-state index in [2.05, 4.69) is 13.8 Å². The maximum absolute atomic E-state index is 13.8. The van der Waals surface area contributed by atoms with Gasteiger partial charge in [-0.2, -0.15) is 0 Å². The first kappa shape index (κ1) is 25.0. The molecular weight excluding hydrogens is 456 g/mol. The molecule has 1 heterocycles. The molecule has 0 aromatic heterocycles. The summed E-state index contributed by atoms with van der Waals surface area (Å²) >= 11 is 0. The normalized spacial score (nSPS) is 15.4. The van der Waals surface area contributed by atoms with Crippen LogP contribution in [0, 0.1) is 0 Å². The summed E-state index contributed by atoms with van der Waals surface area (Å²) in [6.07, 6.45) is -0.0867. The summed E-state index contributed by atoms with van der Waals surface area (Å²) in [4.78, 5) is 43.1. The Bertz CT molecular complexity index is 1250. The highest BCUT2D eigenvalue weighted by Gasteiger charge is 2.44. The molecule has 1 saturated heterocycles. The Morgan fingerprint density at radius 2 is 1.61 bits per heavy atom. The zero-order chi connectivity index (χ0) is 25.8. The maximum atomic E-state index is 13.8. The van der Waals surface area contributed by atoms with Crippen molar-refractivity contribution >= 4 is 23.4 Å². The number of hydrogen-bond donors (Lipinski definition) is 0. The zero-order valence-electron chi connectivity index (χ0n) is 20.9. The van der Waals surface area contributed by atoms with Gasteiger partial charge in [-0.1, -0.05) is 56.3 Å². The number of rotatable bonds is 8. The predicted octanol–water partition coefficient (Wildman–Crippen LogP) is 4.80. The molecule has 186 valence electrons. The molecule has 0 radical (unpaired) electrons. The third-order valence-corrected chi connectivity index (χ3v) is 6.40. The average Bonchev–Trinajstić information content (AvgIpc) is 3.20. The fraction of sp³-hybridized carbons (Fsp3) is 0.276. The van der Waals surface area contributed by atoms with E-state index in [9.17, 15) is 14.4 Å². The molecule has 1 fully saturated rings. The summed E-state index contributed by atoms with van der Waals surface area (Å²) in [5.41, 5.74) is 2.81. The number of anilines is 1. The molecule has 0 spiro atoms. The van der Waals surface area contributed by atoms with E-state index in [-0.39, 0.29) is 24.8 Å². The van der Waals surface area contributed by atoms with Crippen molar-refractivity contribution in [1.82, 2.24) is 4.90 Å². The Kier molecular flexibility index (Phi) is 7.38. The fourth-order valence-electron chi connectivity index (χ4n) is 4.38. The number of hydrogen-bond acceptors (Lipinski definition) is 5. The molecular formula is C29H30N2O5. The van der Waals surface area contributed by atoms with Gasteiger partial charge in [0.2, 0.25) is 5.91 Å². The number of nitrogens with zero attached hydrogens (tertiary/aromatic N) is 2. The Hall–Kier alpha value is -4.13. The lowest BCUT2D eigenvalue weighted by Crippen LogP contribution is -2.45. The van der Waals surface area contributed by atoms with Crippen LogP contribution in [0.15, 0.2) is 72.8 Å². The Labute approximate surface area is 211 Å². The van der Waals surface area contributed by atoms with Gasteiger partial charge in [0.25, 0.3) is 11.8 Å². The molecule has 7 heteroatoms. The van der Waals surface area contributed by atoms with Crippen LogP contribution in [0.5, 0.6) is 11.5 Å². The van der Waals surface area contributed by atoms with Gasteiger partial charge in [0, 0.05) is 12.1 Å². The minimum atomic E-state index is -0.928. The molecule has 0 aliphatic carbocycles. The molecule has 1 unspecified atom stereocenters. The minimum Gasteiger partial charge on any atom is -0.493 e. The molecule has 0 bridgehead atoms. The van der Waals surface area contributed by atoms with Crippen LogP contribution < -0.4 is 14.4 Å². The summed E-state index contributed by atoms with van der Waals surface area (Å²) in [7, 11) is 3.02. The second-order valence-electron chi connectivity index (χ2n) is 9.02. The van der Waals surface area contributed by atoms with Crippen LogP contribution in [0.25, 0.3) is 0 Å². The number of carbonyl (C=O) groups excluding carboxylic acids is 3. The molecule has 3 amide bonds. The zero-order valence-corrected chi connectivity index (χ0v) is 20.9. The minimum absolute atomic E-state index is 0.0867. The van der Waals surface area contributed by atoms with Crippen molar-refractivity contribution in [3.63, 3.8) is 0 Å². The van der Waals surface area contributed by atoms with E-state index < -0.39 is 11.9 Å². The van der Waals surface area contributed by atoms with Gasteiger partial charge in [-0.3, -0.25) is 14.4 Å². The summed E-state index contributed by atoms with van der Waals surface area (Å²) in [5, 5.41) is 0. The molecule has 1 aliphatic rings. The number of carbonyl (C=O) groups is 3. The number of methoxy groups -OCH3 is 2. The summed E-state index contributed by atoms with van der Waals surface area (Å²) in [5.74, 6) is 0.109. The molecule has 1 aliphatic heterocycles. The molecule has 3 aromatic rings. The van der Waals surface area contributed by atoms with Crippen molar-refractivity contribution in [2.75, 3.05) is 19.1 Å². The fourth-order valence-corrected chi connectivity index (χ4v) is 4.38. The summed E-state index contributed by atoms with van der Waals surface area (Å²) < 4.78 is 10.7. The van der Waals surface area contributed by atoms with E-state index in [1.165, 1.54) is 24.0 Å². The largest absolute Gasteiger partial charge is 0.493 e. The highest BCUT2D eigenvalue weighted by atomic mass is 16.5. The smallest absolute Gasteiger partial charge is 0.257 e. The van der Waals surface area contributed by atoms with Gasteiger partial charge in [0.15, 0.2) is 11.5 Å². The first-order valence-electron chi connectivity index (χ1n) is 11.9. The van der Waals surface area contributed by atoms with E-state index in [0.717, 1.165) is 11.1 Å². The van der Waals surface area contributed by atoms with E-state index in [4.69, 9.17) is 9.47 Å². The second kappa shape index (κ2) is 10.6. The lowest BCUT2D eigenvalue weighted by atomic mass is 10.0. The van der Waals surface area contributed by atoms with Gasteiger partial charge in [0.1, 0.15) is 6.04 Å². The van der Waals surface area contributed by atoms with E-state index in [1.807, 2.05) is 42.5 Å². The first-order chi connectivity index (χ1) is 17.3. The predicted molar refractivity (Wildman–Crippen MR) is 137 cm³/mol. The highest BCUT2D eigenvalue weighted by molar-refractivity contribution is 6.23. The van der Waals surface area contributed by atoms with Gasteiger partial charge in [-0.25, -0.2) is 4.90 Å². The molecule has 7 nitrogen and oxygen atoms in total. The van der Waals surface area contributed by atoms with Gasteiger partial charge in [0.05, 0.1) is 26.3 Å². The van der Waals surface area contributed by atoms with Crippen molar-refractivity contribution in [3.05, 3.63) is 89.5 Å². The monoisotopic (exact) mass is 486 g/mol. The van der Waals surface area contributed by atoms with Gasteiger partial charge in [-0.05, 0) is 47.4 Å². The molecule has 0 N–H and O–H groups in total. The van der Waals surface area contributed by atoms with Crippen LogP contribution in [0.2, 0.25) is 0 Å². The topological polar surface area (TPSA) is 76.2 Å². The lowest BCUT2D eigenvalue weighted by Gasteiger charge is -2.28. The van der Waals surface area contributed by atoms with Crippen LogP contribution >= 0.6 is 0 Å². The van der Waals surface area contributed by atoms with E-state index in [0.29, 0.717) is 28.7 Å². The number of benzene rings is 3. The Morgan fingerprint density at radius 3 is 2.22 bits per heavy atom. The maximum Gasteiger partial charge on any atom is 0.257 e. The van der Waals surface area contributed by atoms with Crippen LogP contribution in [-0.4, -0.2) is 42.9 Å². The third-order valence-electron chi connectivity index (χ3n) is 6.40. The van der Waals surface area contributed by atoms with Gasteiger partial charge in [-0.15, -0.1) is 0 Å². The van der Waals surface area contributed by atoms with Gasteiger partial charge >= 0.3 is 0 Å². The van der Waals surface area contributed by atoms with Crippen LogP contribution in [0.1, 0.15) is 47.7 Å². The Morgan fingerprint density at radius 1 is 0.944 bits per heavy atom.